The molecule has 0 radical (unpaired) electrons. The van der Waals surface area contributed by atoms with E-state index < -0.39 is 10.0 Å². The zero-order chi connectivity index (χ0) is 20.5. The van der Waals surface area contributed by atoms with E-state index in [1.54, 1.807) is 12.1 Å². The van der Waals surface area contributed by atoms with Crippen molar-refractivity contribution in [2.75, 3.05) is 57.2 Å². The van der Waals surface area contributed by atoms with Crippen molar-refractivity contribution in [2.24, 2.45) is 0 Å². The topological polar surface area (TPSA) is 78.9 Å². The quantitative estimate of drug-likeness (QED) is 0.725. The fourth-order valence-corrected chi connectivity index (χ4v) is 4.92. The van der Waals surface area contributed by atoms with Gasteiger partial charge in [0.2, 0.25) is 10.0 Å². The first-order valence-corrected chi connectivity index (χ1v) is 10.7. The van der Waals surface area contributed by atoms with Gasteiger partial charge in [-0.25, -0.2) is 18.4 Å². The molecule has 1 aromatic carbocycles. The summed E-state index contributed by atoms with van der Waals surface area (Å²) in [5.74, 6) is 2.59. The molecule has 0 atom stereocenters. The Labute approximate surface area is 170 Å². The molecule has 2 aromatic rings. The predicted molar refractivity (Wildman–Crippen MR) is 110 cm³/mol. The standard InChI is InChI=1S/C18H24ClN5O3S/c1-13-20-17(22(2)3)12-18(21-13)23-7-9-24(10-8-23)28(25,26)16-11-14(19)5-6-15(16)27-4/h5-6,11-12H,7-10H2,1-4H3. The van der Waals surface area contributed by atoms with E-state index >= 15 is 0 Å². The Hall–Kier alpha value is -2.10. The van der Waals surface area contributed by atoms with Gasteiger partial charge >= 0.3 is 0 Å². The molecule has 1 aliphatic rings. The van der Waals surface area contributed by atoms with E-state index in [2.05, 4.69) is 14.9 Å². The van der Waals surface area contributed by atoms with Crippen LogP contribution in [0.3, 0.4) is 0 Å². The van der Waals surface area contributed by atoms with E-state index in [0.717, 1.165) is 11.6 Å². The molecular weight excluding hydrogens is 402 g/mol. The first kappa shape index (κ1) is 20.6. The highest BCUT2D eigenvalue weighted by Crippen LogP contribution is 2.30. The Morgan fingerprint density at radius 2 is 1.79 bits per heavy atom. The lowest BCUT2D eigenvalue weighted by Gasteiger charge is -2.35. The molecule has 1 aliphatic heterocycles. The second kappa shape index (κ2) is 8.10. The first-order chi connectivity index (χ1) is 13.2. The summed E-state index contributed by atoms with van der Waals surface area (Å²) in [4.78, 5) is 13.0. The third kappa shape index (κ3) is 4.16. The molecule has 0 amide bonds. The molecular formula is C18H24ClN5O3S. The smallest absolute Gasteiger partial charge is 0.246 e. The van der Waals surface area contributed by atoms with Crippen LogP contribution in [0.5, 0.6) is 5.75 Å². The minimum Gasteiger partial charge on any atom is -0.495 e. The van der Waals surface area contributed by atoms with E-state index in [4.69, 9.17) is 16.3 Å². The number of aromatic nitrogens is 2. The first-order valence-electron chi connectivity index (χ1n) is 8.84. The van der Waals surface area contributed by atoms with Crippen molar-refractivity contribution in [2.45, 2.75) is 11.8 Å². The largest absolute Gasteiger partial charge is 0.495 e. The molecule has 0 unspecified atom stereocenters. The predicted octanol–water partition coefficient (Wildman–Crippen LogP) is 2.02. The van der Waals surface area contributed by atoms with Gasteiger partial charge in [0, 0.05) is 51.4 Å². The Kier molecular flexibility index (Phi) is 5.97. The zero-order valence-electron chi connectivity index (χ0n) is 16.4. The lowest BCUT2D eigenvalue weighted by Crippen LogP contribution is -2.49. The number of hydrogen-bond donors (Lipinski definition) is 0. The van der Waals surface area contributed by atoms with E-state index in [9.17, 15) is 8.42 Å². The highest BCUT2D eigenvalue weighted by atomic mass is 35.5. The van der Waals surface area contributed by atoms with Crippen LogP contribution in [0.15, 0.2) is 29.2 Å². The van der Waals surface area contributed by atoms with Crippen LogP contribution in [0.2, 0.25) is 5.02 Å². The van der Waals surface area contributed by atoms with Gasteiger partial charge in [0.05, 0.1) is 7.11 Å². The van der Waals surface area contributed by atoms with Gasteiger partial charge < -0.3 is 14.5 Å². The third-order valence-corrected chi connectivity index (χ3v) is 6.73. The van der Waals surface area contributed by atoms with Crippen molar-refractivity contribution >= 4 is 33.3 Å². The van der Waals surface area contributed by atoms with Crippen LogP contribution in [0.25, 0.3) is 0 Å². The van der Waals surface area contributed by atoms with Crippen molar-refractivity contribution in [1.29, 1.82) is 0 Å². The van der Waals surface area contributed by atoms with Gasteiger partial charge in [-0.1, -0.05) is 11.6 Å². The average molecular weight is 426 g/mol. The van der Waals surface area contributed by atoms with E-state index in [1.165, 1.54) is 17.5 Å². The number of methoxy groups -OCH3 is 1. The fourth-order valence-electron chi connectivity index (χ4n) is 3.08. The molecule has 1 fully saturated rings. The van der Waals surface area contributed by atoms with Gasteiger partial charge in [-0.15, -0.1) is 0 Å². The van der Waals surface area contributed by atoms with Gasteiger partial charge in [0.1, 0.15) is 28.1 Å². The molecule has 0 saturated carbocycles. The second-order valence-corrected chi connectivity index (χ2v) is 9.06. The number of benzene rings is 1. The van der Waals surface area contributed by atoms with Crippen molar-refractivity contribution in [3.8, 4) is 5.75 Å². The van der Waals surface area contributed by atoms with Crippen molar-refractivity contribution in [3.05, 3.63) is 35.1 Å². The van der Waals surface area contributed by atoms with Gasteiger partial charge in [-0.05, 0) is 25.1 Å². The Morgan fingerprint density at radius 3 is 2.39 bits per heavy atom. The fraction of sp³-hybridized carbons (Fsp3) is 0.444. The summed E-state index contributed by atoms with van der Waals surface area (Å²) in [6.45, 7) is 3.61. The molecule has 0 aliphatic carbocycles. The molecule has 28 heavy (non-hydrogen) atoms. The van der Waals surface area contributed by atoms with Crippen LogP contribution in [0.4, 0.5) is 11.6 Å². The van der Waals surface area contributed by atoms with Gasteiger partial charge in [0.25, 0.3) is 0 Å². The Morgan fingerprint density at radius 1 is 1.11 bits per heavy atom. The molecule has 2 heterocycles. The lowest BCUT2D eigenvalue weighted by molar-refractivity contribution is 0.373. The Balaban J connectivity index is 1.80. The number of piperazine rings is 1. The van der Waals surface area contributed by atoms with E-state index in [0.29, 0.717) is 37.0 Å². The zero-order valence-corrected chi connectivity index (χ0v) is 18.0. The van der Waals surface area contributed by atoms with Crippen molar-refractivity contribution in [3.63, 3.8) is 0 Å². The SMILES string of the molecule is COc1ccc(Cl)cc1S(=O)(=O)N1CCN(c2cc(N(C)C)nc(C)n2)CC1. The maximum absolute atomic E-state index is 13.1. The highest BCUT2D eigenvalue weighted by Gasteiger charge is 2.31. The van der Waals surface area contributed by atoms with Gasteiger partial charge in [-0.3, -0.25) is 0 Å². The summed E-state index contributed by atoms with van der Waals surface area (Å²) >= 11 is 6.01. The minimum absolute atomic E-state index is 0.0868. The number of sulfonamides is 1. The molecule has 8 nitrogen and oxygen atoms in total. The number of rotatable bonds is 5. The summed E-state index contributed by atoms with van der Waals surface area (Å²) in [5.41, 5.74) is 0. The number of aryl methyl sites for hydroxylation is 1. The number of nitrogens with zero attached hydrogens (tertiary/aromatic N) is 5. The summed E-state index contributed by atoms with van der Waals surface area (Å²) in [7, 11) is 1.59. The molecule has 152 valence electrons. The minimum atomic E-state index is -3.71. The van der Waals surface area contributed by atoms with Crippen molar-refractivity contribution in [1.82, 2.24) is 14.3 Å². The molecule has 3 rings (SSSR count). The van der Waals surface area contributed by atoms with Gasteiger partial charge in [0.15, 0.2) is 0 Å². The van der Waals surface area contributed by atoms with E-state index in [1.807, 2.05) is 32.0 Å². The highest BCUT2D eigenvalue weighted by molar-refractivity contribution is 7.89. The normalized spacial score (nSPS) is 15.5. The number of anilines is 2. The number of ether oxygens (including phenoxy) is 1. The second-order valence-electron chi connectivity index (χ2n) is 6.71. The van der Waals surface area contributed by atoms with Crippen LogP contribution in [0.1, 0.15) is 5.82 Å². The molecule has 1 saturated heterocycles. The summed E-state index contributed by atoms with van der Waals surface area (Å²) in [5, 5.41) is 0.352. The molecule has 0 N–H and O–H groups in total. The third-order valence-electron chi connectivity index (χ3n) is 4.58. The monoisotopic (exact) mass is 425 g/mol. The van der Waals surface area contributed by atoms with E-state index in [-0.39, 0.29) is 10.6 Å². The molecule has 10 heteroatoms. The molecule has 1 aromatic heterocycles. The lowest BCUT2D eigenvalue weighted by atomic mass is 10.3. The molecule has 0 spiro atoms. The van der Waals surface area contributed by atoms with Crippen LogP contribution in [-0.4, -0.2) is 70.1 Å². The van der Waals surface area contributed by atoms with Crippen LogP contribution >= 0.6 is 11.6 Å². The number of hydrogen-bond acceptors (Lipinski definition) is 7. The number of halogens is 1. The van der Waals surface area contributed by atoms with Gasteiger partial charge in [-0.2, -0.15) is 4.31 Å². The average Bonchev–Trinajstić information content (AvgIpc) is 2.67. The van der Waals surface area contributed by atoms with Crippen LogP contribution < -0.4 is 14.5 Å². The maximum Gasteiger partial charge on any atom is 0.246 e. The van der Waals surface area contributed by atoms with Crippen molar-refractivity contribution < 1.29 is 13.2 Å². The maximum atomic E-state index is 13.1. The van der Waals surface area contributed by atoms with Crippen LogP contribution in [0, 0.1) is 6.92 Å². The summed E-state index contributed by atoms with van der Waals surface area (Å²) < 4.78 is 32.9. The summed E-state index contributed by atoms with van der Waals surface area (Å²) in [6, 6.07) is 6.52. The molecule has 0 bridgehead atoms. The Bertz CT molecular complexity index is 960. The summed E-state index contributed by atoms with van der Waals surface area (Å²) in [6.07, 6.45) is 0. The van der Waals surface area contributed by atoms with Crippen LogP contribution in [-0.2, 0) is 10.0 Å².